The Bertz CT molecular complexity index is 772. The van der Waals surface area contributed by atoms with Gasteiger partial charge in [0.1, 0.15) is 12.4 Å². The van der Waals surface area contributed by atoms with Gasteiger partial charge < -0.3 is 14.0 Å². The second-order valence-corrected chi connectivity index (χ2v) is 5.03. The van der Waals surface area contributed by atoms with Gasteiger partial charge in [-0.2, -0.15) is 0 Å². The summed E-state index contributed by atoms with van der Waals surface area (Å²) in [5.41, 5.74) is 1.29. The SMILES string of the molecule is COCCOc1ccc(-c2c(C)n(C)c(=O)n(C)c2=O)cc1. The van der Waals surface area contributed by atoms with Gasteiger partial charge in [-0.1, -0.05) is 12.1 Å². The minimum Gasteiger partial charge on any atom is -0.491 e. The predicted octanol–water partition coefficient (Wildman–Crippen LogP) is 1.08. The van der Waals surface area contributed by atoms with Crippen molar-refractivity contribution in [2.24, 2.45) is 14.1 Å². The first-order chi connectivity index (χ1) is 10.5. The van der Waals surface area contributed by atoms with Gasteiger partial charge >= 0.3 is 5.69 Å². The molecule has 0 fully saturated rings. The van der Waals surface area contributed by atoms with E-state index in [1.54, 1.807) is 33.2 Å². The van der Waals surface area contributed by atoms with Crippen LogP contribution in [0.3, 0.4) is 0 Å². The highest BCUT2D eigenvalue weighted by atomic mass is 16.5. The summed E-state index contributed by atoms with van der Waals surface area (Å²) in [4.78, 5) is 24.2. The Kier molecular flexibility index (Phi) is 4.82. The van der Waals surface area contributed by atoms with E-state index < -0.39 is 0 Å². The van der Waals surface area contributed by atoms with Crippen molar-refractivity contribution in [3.63, 3.8) is 0 Å². The number of benzene rings is 1. The van der Waals surface area contributed by atoms with E-state index in [0.717, 1.165) is 10.1 Å². The zero-order valence-electron chi connectivity index (χ0n) is 13.3. The Morgan fingerprint density at radius 3 is 2.23 bits per heavy atom. The molecule has 6 nitrogen and oxygen atoms in total. The third kappa shape index (κ3) is 2.96. The fourth-order valence-electron chi connectivity index (χ4n) is 2.24. The van der Waals surface area contributed by atoms with Crippen molar-refractivity contribution in [3.8, 4) is 16.9 Å². The molecule has 0 spiro atoms. The van der Waals surface area contributed by atoms with Crippen molar-refractivity contribution >= 4 is 0 Å². The number of aromatic nitrogens is 2. The van der Waals surface area contributed by atoms with Gasteiger partial charge in [0.2, 0.25) is 0 Å². The smallest absolute Gasteiger partial charge is 0.330 e. The van der Waals surface area contributed by atoms with Crippen molar-refractivity contribution in [3.05, 3.63) is 50.8 Å². The van der Waals surface area contributed by atoms with Crippen LogP contribution >= 0.6 is 0 Å². The lowest BCUT2D eigenvalue weighted by Crippen LogP contribution is -2.39. The van der Waals surface area contributed by atoms with Crippen LogP contribution in [-0.4, -0.2) is 29.5 Å². The molecule has 0 unspecified atom stereocenters. The summed E-state index contributed by atoms with van der Waals surface area (Å²) in [6.07, 6.45) is 0. The molecule has 1 aromatic heterocycles. The van der Waals surface area contributed by atoms with Gasteiger partial charge in [0.25, 0.3) is 5.56 Å². The van der Waals surface area contributed by atoms with Crippen LogP contribution in [-0.2, 0) is 18.8 Å². The quantitative estimate of drug-likeness (QED) is 0.776. The first-order valence-corrected chi connectivity index (χ1v) is 6.96. The maximum absolute atomic E-state index is 12.4. The highest BCUT2D eigenvalue weighted by Gasteiger charge is 2.14. The molecule has 6 heteroatoms. The van der Waals surface area contributed by atoms with E-state index in [9.17, 15) is 9.59 Å². The maximum atomic E-state index is 12.4. The normalized spacial score (nSPS) is 10.7. The van der Waals surface area contributed by atoms with E-state index in [2.05, 4.69) is 0 Å². The molecule has 0 atom stereocenters. The van der Waals surface area contributed by atoms with E-state index in [4.69, 9.17) is 9.47 Å². The molecule has 0 aliphatic carbocycles. The monoisotopic (exact) mass is 304 g/mol. The van der Waals surface area contributed by atoms with Crippen molar-refractivity contribution in [1.82, 2.24) is 9.13 Å². The number of hydrogen-bond acceptors (Lipinski definition) is 4. The standard InChI is InChI=1S/C16H20N2O4/c1-11-14(15(19)18(3)16(20)17(11)2)12-5-7-13(8-6-12)22-10-9-21-4/h5-8H,9-10H2,1-4H3. The lowest BCUT2D eigenvalue weighted by atomic mass is 10.1. The van der Waals surface area contributed by atoms with Crippen molar-refractivity contribution in [2.75, 3.05) is 20.3 Å². The molecule has 0 N–H and O–H groups in total. The fraction of sp³-hybridized carbons (Fsp3) is 0.375. The van der Waals surface area contributed by atoms with Crippen LogP contribution in [0.25, 0.3) is 11.1 Å². The second kappa shape index (κ2) is 6.62. The molecule has 0 radical (unpaired) electrons. The van der Waals surface area contributed by atoms with Crippen LogP contribution in [0.2, 0.25) is 0 Å². The zero-order chi connectivity index (χ0) is 16.3. The first kappa shape index (κ1) is 16.0. The number of ether oxygens (including phenoxy) is 2. The second-order valence-electron chi connectivity index (χ2n) is 5.03. The maximum Gasteiger partial charge on any atom is 0.330 e. The molecule has 0 saturated heterocycles. The fourth-order valence-corrected chi connectivity index (χ4v) is 2.24. The molecule has 2 aromatic rings. The Balaban J connectivity index is 2.41. The average molecular weight is 304 g/mol. The number of rotatable bonds is 5. The van der Waals surface area contributed by atoms with Crippen LogP contribution in [0.15, 0.2) is 33.9 Å². The van der Waals surface area contributed by atoms with Crippen LogP contribution in [0, 0.1) is 6.92 Å². The minimum atomic E-state index is -0.328. The molecule has 0 bridgehead atoms. The molecule has 118 valence electrons. The minimum absolute atomic E-state index is 0.298. The molecule has 22 heavy (non-hydrogen) atoms. The van der Waals surface area contributed by atoms with E-state index in [1.807, 2.05) is 12.1 Å². The Morgan fingerprint density at radius 1 is 1.00 bits per heavy atom. The largest absolute Gasteiger partial charge is 0.491 e. The first-order valence-electron chi connectivity index (χ1n) is 6.96. The predicted molar refractivity (Wildman–Crippen MR) is 84.5 cm³/mol. The Labute approximate surface area is 128 Å². The third-order valence-electron chi connectivity index (χ3n) is 3.66. The van der Waals surface area contributed by atoms with Crippen molar-refractivity contribution < 1.29 is 9.47 Å². The Morgan fingerprint density at radius 2 is 1.64 bits per heavy atom. The number of hydrogen-bond donors (Lipinski definition) is 0. The molecule has 1 aromatic carbocycles. The summed E-state index contributed by atoms with van der Waals surface area (Å²) >= 11 is 0. The number of methoxy groups -OCH3 is 1. The van der Waals surface area contributed by atoms with Crippen LogP contribution in [0.5, 0.6) is 5.75 Å². The summed E-state index contributed by atoms with van der Waals surface area (Å²) < 4.78 is 13.0. The summed E-state index contributed by atoms with van der Waals surface area (Å²) in [7, 11) is 4.75. The van der Waals surface area contributed by atoms with Gasteiger partial charge in [0.15, 0.2) is 0 Å². The van der Waals surface area contributed by atoms with Crippen LogP contribution < -0.4 is 16.0 Å². The molecule has 1 heterocycles. The van der Waals surface area contributed by atoms with E-state index in [0.29, 0.717) is 30.2 Å². The van der Waals surface area contributed by atoms with Crippen molar-refractivity contribution in [2.45, 2.75) is 6.92 Å². The molecule has 0 amide bonds. The molecular weight excluding hydrogens is 284 g/mol. The Hall–Kier alpha value is -2.34. The lowest BCUT2D eigenvalue weighted by Gasteiger charge is -2.12. The lowest BCUT2D eigenvalue weighted by molar-refractivity contribution is 0.146. The van der Waals surface area contributed by atoms with Gasteiger partial charge in [-0.25, -0.2) is 4.79 Å². The third-order valence-corrected chi connectivity index (χ3v) is 3.66. The number of nitrogens with zero attached hydrogens (tertiary/aromatic N) is 2. The summed E-state index contributed by atoms with van der Waals surface area (Å²) in [5.74, 6) is 0.708. The topological polar surface area (TPSA) is 62.5 Å². The van der Waals surface area contributed by atoms with E-state index >= 15 is 0 Å². The van der Waals surface area contributed by atoms with E-state index in [-0.39, 0.29) is 11.2 Å². The van der Waals surface area contributed by atoms with Gasteiger partial charge in [0, 0.05) is 26.9 Å². The molecule has 0 aliphatic rings. The molecule has 0 saturated carbocycles. The summed E-state index contributed by atoms with van der Waals surface area (Å²) in [5, 5.41) is 0. The highest BCUT2D eigenvalue weighted by Crippen LogP contribution is 2.21. The summed E-state index contributed by atoms with van der Waals surface area (Å²) in [6, 6.07) is 7.23. The van der Waals surface area contributed by atoms with Gasteiger partial charge in [-0.05, 0) is 24.6 Å². The average Bonchev–Trinajstić information content (AvgIpc) is 2.53. The van der Waals surface area contributed by atoms with Gasteiger partial charge in [-0.3, -0.25) is 9.36 Å². The van der Waals surface area contributed by atoms with Crippen molar-refractivity contribution in [1.29, 1.82) is 0 Å². The van der Waals surface area contributed by atoms with Crippen LogP contribution in [0.1, 0.15) is 5.69 Å². The molecule has 0 aliphatic heterocycles. The molecular formula is C16H20N2O4. The molecule has 2 rings (SSSR count). The van der Waals surface area contributed by atoms with E-state index in [1.165, 1.54) is 11.6 Å². The van der Waals surface area contributed by atoms with Crippen LogP contribution in [0.4, 0.5) is 0 Å². The van der Waals surface area contributed by atoms with Gasteiger partial charge in [-0.15, -0.1) is 0 Å². The highest BCUT2D eigenvalue weighted by molar-refractivity contribution is 5.65. The van der Waals surface area contributed by atoms with Gasteiger partial charge in [0.05, 0.1) is 12.2 Å². The summed E-state index contributed by atoms with van der Waals surface area (Å²) in [6.45, 7) is 2.75. The zero-order valence-corrected chi connectivity index (χ0v) is 13.3.